The lowest BCUT2D eigenvalue weighted by atomic mass is 10.2. The minimum atomic E-state index is -1.67. The zero-order valence-corrected chi connectivity index (χ0v) is 12.6. The van der Waals surface area contributed by atoms with Crippen LogP contribution in [0.1, 0.15) is 27.2 Å². The number of carbonyl (C=O) groups excluding carboxylic acids is 1. The Hall–Kier alpha value is -0.00312. The molecule has 0 aromatic heterocycles. The monoisotopic (exact) mass is 262 g/mol. The Morgan fingerprint density at radius 2 is 2.12 bits per heavy atom. The molecule has 94 valence electrons. The lowest BCUT2D eigenvalue weighted by molar-refractivity contribution is -0.137. The maximum Gasteiger partial charge on any atom is 0.319 e. The van der Waals surface area contributed by atoms with Crippen molar-refractivity contribution < 1.29 is 14.0 Å². The van der Waals surface area contributed by atoms with Crippen LogP contribution in [0.2, 0.25) is 18.1 Å². The van der Waals surface area contributed by atoms with Crippen LogP contribution < -0.4 is 0 Å². The van der Waals surface area contributed by atoms with Crippen LogP contribution in [0.5, 0.6) is 0 Å². The number of thioether (sulfide) groups is 1. The summed E-state index contributed by atoms with van der Waals surface area (Å²) in [6, 6.07) is 0. The number of ether oxygens (including phenoxy) is 1. The average Bonchev–Trinajstić information content (AvgIpc) is 2.49. The summed E-state index contributed by atoms with van der Waals surface area (Å²) < 4.78 is 10.9. The van der Waals surface area contributed by atoms with Crippen LogP contribution in [0.3, 0.4) is 0 Å². The third-order valence-electron chi connectivity index (χ3n) is 3.38. The fourth-order valence-corrected chi connectivity index (χ4v) is 3.62. The highest BCUT2D eigenvalue weighted by molar-refractivity contribution is 8.00. The van der Waals surface area contributed by atoms with Gasteiger partial charge in [0.05, 0.1) is 12.5 Å². The lowest BCUT2D eigenvalue weighted by Crippen LogP contribution is -2.40. The smallest absolute Gasteiger partial charge is 0.319 e. The molecule has 0 aromatic rings. The van der Waals surface area contributed by atoms with Crippen molar-refractivity contribution in [3.05, 3.63) is 0 Å². The number of esters is 1. The molecule has 1 rings (SSSR count). The van der Waals surface area contributed by atoms with E-state index in [1.54, 1.807) is 11.8 Å². The summed E-state index contributed by atoms with van der Waals surface area (Å²) in [5.74, 6) is 0.528. The Labute approximate surface area is 103 Å². The van der Waals surface area contributed by atoms with E-state index in [-0.39, 0.29) is 16.3 Å². The topological polar surface area (TPSA) is 35.5 Å². The molecule has 1 saturated heterocycles. The number of carbonyl (C=O) groups is 1. The fraction of sp³-hybridized carbons (Fsp3) is 0.909. The number of hydrogen-bond donors (Lipinski definition) is 0. The molecule has 1 aliphatic rings. The van der Waals surface area contributed by atoms with Crippen molar-refractivity contribution in [3.63, 3.8) is 0 Å². The van der Waals surface area contributed by atoms with E-state index >= 15 is 0 Å². The molecular weight excluding hydrogens is 240 g/mol. The predicted octanol–water partition coefficient (Wildman–Crippen LogP) is 3.01. The standard InChI is InChI=1S/C11H22O3SSi/c1-11(2,3)16(4,5)14-8-15-9-6-7-13-10(9)12/h9H,6-8H2,1-5H3. The summed E-state index contributed by atoms with van der Waals surface area (Å²) in [7, 11) is -1.67. The summed E-state index contributed by atoms with van der Waals surface area (Å²) >= 11 is 1.57. The summed E-state index contributed by atoms with van der Waals surface area (Å²) in [6.07, 6.45) is 0.824. The van der Waals surface area contributed by atoms with Gasteiger partial charge in [0, 0.05) is 6.42 Å². The van der Waals surface area contributed by atoms with Gasteiger partial charge in [-0.3, -0.25) is 4.79 Å². The molecule has 0 aromatic carbocycles. The van der Waals surface area contributed by atoms with Crippen molar-refractivity contribution in [2.24, 2.45) is 0 Å². The van der Waals surface area contributed by atoms with Crippen molar-refractivity contribution in [1.82, 2.24) is 0 Å². The minimum absolute atomic E-state index is 0.00947. The lowest BCUT2D eigenvalue weighted by Gasteiger charge is -2.36. The maximum atomic E-state index is 11.2. The SMILES string of the molecule is CC(C)(C)[Si](C)(C)OCSC1CCOC1=O. The van der Waals surface area contributed by atoms with Gasteiger partial charge in [-0.2, -0.15) is 0 Å². The molecule has 3 nitrogen and oxygen atoms in total. The van der Waals surface area contributed by atoms with Crippen molar-refractivity contribution in [3.8, 4) is 0 Å². The van der Waals surface area contributed by atoms with Gasteiger partial charge >= 0.3 is 5.97 Å². The quantitative estimate of drug-likeness (QED) is 0.443. The normalized spacial score (nSPS) is 22.3. The van der Waals surface area contributed by atoms with E-state index in [1.165, 1.54) is 0 Å². The number of rotatable bonds is 4. The van der Waals surface area contributed by atoms with Gasteiger partial charge in [-0.1, -0.05) is 20.8 Å². The molecule has 0 N–H and O–H groups in total. The van der Waals surface area contributed by atoms with Crippen LogP contribution in [0.25, 0.3) is 0 Å². The molecule has 1 atom stereocenters. The second kappa shape index (κ2) is 5.10. The van der Waals surface area contributed by atoms with Crippen LogP contribution in [-0.2, 0) is 14.0 Å². The van der Waals surface area contributed by atoms with Crippen molar-refractivity contribution in [2.75, 3.05) is 12.5 Å². The van der Waals surface area contributed by atoms with Gasteiger partial charge in [-0.25, -0.2) is 0 Å². The van der Waals surface area contributed by atoms with Gasteiger partial charge in [0.2, 0.25) is 0 Å². The number of cyclic esters (lactones) is 1. The highest BCUT2D eigenvalue weighted by Crippen LogP contribution is 2.37. The first-order valence-electron chi connectivity index (χ1n) is 5.66. The third-order valence-corrected chi connectivity index (χ3v) is 9.15. The van der Waals surface area contributed by atoms with E-state index in [2.05, 4.69) is 33.9 Å². The summed E-state index contributed by atoms with van der Waals surface area (Å²) in [6.45, 7) is 11.7. The molecule has 0 saturated carbocycles. The zero-order valence-electron chi connectivity index (χ0n) is 10.8. The van der Waals surface area contributed by atoms with Crippen molar-refractivity contribution >= 4 is 26.0 Å². The van der Waals surface area contributed by atoms with Crippen molar-refractivity contribution in [1.29, 1.82) is 0 Å². The summed E-state index contributed by atoms with van der Waals surface area (Å²) in [5.41, 5.74) is 0. The van der Waals surface area contributed by atoms with Crippen molar-refractivity contribution in [2.45, 2.75) is 50.6 Å². The molecule has 0 aliphatic carbocycles. The fourth-order valence-electron chi connectivity index (χ4n) is 1.11. The van der Waals surface area contributed by atoms with Crippen LogP contribution >= 0.6 is 11.8 Å². The second-order valence-electron chi connectivity index (χ2n) is 5.63. The molecule has 5 heteroatoms. The van der Waals surface area contributed by atoms with E-state index in [9.17, 15) is 4.79 Å². The highest BCUT2D eigenvalue weighted by Gasteiger charge is 2.37. The highest BCUT2D eigenvalue weighted by atomic mass is 32.2. The largest absolute Gasteiger partial charge is 0.465 e. The minimum Gasteiger partial charge on any atom is -0.465 e. The van der Waals surface area contributed by atoms with E-state index in [0.29, 0.717) is 12.5 Å². The first-order valence-corrected chi connectivity index (χ1v) is 9.62. The second-order valence-corrected chi connectivity index (χ2v) is 11.6. The zero-order chi connectivity index (χ0) is 12.4. The third kappa shape index (κ3) is 3.50. The van der Waals surface area contributed by atoms with Crippen LogP contribution in [-0.4, -0.2) is 32.1 Å². The number of hydrogen-bond acceptors (Lipinski definition) is 4. The Morgan fingerprint density at radius 3 is 2.56 bits per heavy atom. The maximum absolute atomic E-state index is 11.2. The Balaban J connectivity index is 2.32. The van der Waals surface area contributed by atoms with E-state index in [4.69, 9.17) is 9.16 Å². The van der Waals surface area contributed by atoms with Gasteiger partial charge in [0.1, 0.15) is 5.25 Å². The Kier molecular flexibility index (Phi) is 4.48. The molecule has 0 amide bonds. The molecule has 0 radical (unpaired) electrons. The molecule has 16 heavy (non-hydrogen) atoms. The molecule has 1 unspecified atom stereocenters. The van der Waals surface area contributed by atoms with Crippen LogP contribution in [0.15, 0.2) is 0 Å². The molecule has 1 heterocycles. The van der Waals surface area contributed by atoms with Gasteiger partial charge in [0.15, 0.2) is 8.32 Å². The van der Waals surface area contributed by atoms with Gasteiger partial charge in [-0.15, -0.1) is 11.8 Å². The molecule has 0 spiro atoms. The summed E-state index contributed by atoms with van der Waals surface area (Å²) in [5, 5.41) is 0.216. The van der Waals surface area contributed by atoms with Crippen LogP contribution in [0, 0.1) is 0 Å². The molecular formula is C11H22O3SSi. The van der Waals surface area contributed by atoms with Crippen LogP contribution in [0.4, 0.5) is 0 Å². The predicted molar refractivity (Wildman–Crippen MR) is 70.1 cm³/mol. The first kappa shape index (κ1) is 14.1. The Bertz CT molecular complexity index is 260. The summed E-state index contributed by atoms with van der Waals surface area (Å²) in [4.78, 5) is 11.2. The average molecular weight is 262 g/mol. The van der Waals surface area contributed by atoms with E-state index < -0.39 is 8.32 Å². The molecule has 0 bridgehead atoms. The van der Waals surface area contributed by atoms with E-state index in [1.807, 2.05) is 0 Å². The van der Waals surface area contributed by atoms with Gasteiger partial charge in [-0.05, 0) is 18.1 Å². The van der Waals surface area contributed by atoms with Gasteiger partial charge in [0.25, 0.3) is 0 Å². The first-order chi connectivity index (χ1) is 7.24. The Morgan fingerprint density at radius 1 is 1.50 bits per heavy atom. The molecule has 1 aliphatic heterocycles. The van der Waals surface area contributed by atoms with E-state index in [0.717, 1.165) is 6.42 Å². The molecule has 1 fully saturated rings. The van der Waals surface area contributed by atoms with Gasteiger partial charge < -0.3 is 9.16 Å².